The fraction of sp³-hybridized carbons (Fsp3) is 0.471. The van der Waals surface area contributed by atoms with Gasteiger partial charge in [-0.15, -0.1) is 0 Å². The molecular weight excluding hydrogens is 280 g/mol. The van der Waals surface area contributed by atoms with Gasteiger partial charge < -0.3 is 14.9 Å². The molecule has 2 aromatic rings. The summed E-state index contributed by atoms with van der Waals surface area (Å²) >= 11 is 0. The maximum Gasteiger partial charge on any atom is 0.247 e. The number of ether oxygens (including phenoxy) is 1. The summed E-state index contributed by atoms with van der Waals surface area (Å²) in [5, 5.41) is 1.15. The van der Waals surface area contributed by atoms with Crippen molar-refractivity contribution in [3.05, 3.63) is 35.6 Å². The van der Waals surface area contributed by atoms with Crippen LogP contribution in [-0.4, -0.2) is 36.1 Å². The molecule has 1 fully saturated rings. The smallest absolute Gasteiger partial charge is 0.247 e. The van der Waals surface area contributed by atoms with Gasteiger partial charge in [0, 0.05) is 37.0 Å². The number of amides is 1. The lowest BCUT2D eigenvalue weighted by molar-refractivity contribution is -0.142. The van der Waals surface area contributed by atoms with E-state index < -0.39 is 12.0 Å². The molecule has 0 spiro atoms. The fourth-order valence-electron chi connectivity index (χ4n) is 3.16. The Bertz CT molecular complexity index is 680. The van der Waals surface area contributed by atoms with Crippen LogP contribution in [0.1, 0.15) is 25.2 Å². The highest BCUT2D eigenvalue weighted by atomic mass is 16.5. The SMILES string of the molecule is CCc1oc2ccccc2c1CN1CC(C(N)=O)O[C@H](C)C1. The highest BCUT2D eigenvalue weighted by molar-refractivity contribution is 5.82. The lowest BCUT2D eigenvalue weighted by Gasteiger charge is -2.35. The van der Waals surface area contributed by atoms with Crippen LogP contribution in [0.4, 0.5) is 0 Å². The van der Waals surface area contributed by atoms with E-state index in [1.54, 1.807) is 0 Å². The van der Waals surface area contributed by atoms with Crippen LogP contribution in [0.3, 0.4) is 0 Å². The van der Waals surface area contributed by atoms with Crippen LogP contribution < -0.4 is 5.73 Å². The van der Waals surface area contributed by atoms with Gasteiger partial charge in [0.15, 0.2) is 0 Å². The van der Waals surface area contributed by atoms with E-state index in [9.17, 15) is 4.79 Å². The zero-order valence-electron chi connectivity index (χ0n) is 13.0. The predicted molar refractivity (Wildman–Crippen MR) is 84.4 cm³/mol. The molecule has 0 radical (unpaired) electrons. The number of rotatable bonds is 4. The molecule has 22 heavy (non-hydrogen) atoms. The number of hydrogen-bond acceptors (Lipinski definition) is 4. The number of para-hydroxylation sites is 1. The van der Waals surface area contributed by atoms with Crippen molar-refractivity contribution in [1.29, 1.82) is 0 Å². The Morgan fingerprint density at radius 3 is 2.86 bits per heavy atom. The van der Waals surface area contributed by atoms with E-state index in [1.165, 1.54) is 5.56 Å². The predicted octanol–water partition coefficient (Wildman–Crippen LogP) is 2.07. The van der Waals surface area contributed by atoms with E-state index in [1.807, 2.05) is 25.1 Å². The minimum absolute atomic E-state index is 0.00510. The Kier molecular flexibility index (Phi) is 4.18. The van der Waals surface area contributed by atoms with E-state index in [-0.39, 0.29) is 6.10 Å². The molecule has 5 heteroatoms. The van der Waals surface area contributed by atoms with Crippen LogP contribution >= 0.6 is 0 Å². The average Bonchev–Trinajstić information content (AvgIpc) is 2.85. The van der Waals surface area contributed by atoms with Crippen molar-refractivity contribution in [1.82, 2.24) is 4.90 Å². The second kappa shape index (κ2) is 6.10. The quantitative estimate of drug-likeness (QED) is 0.938. The van der Waals surface area contributed by atoms with Gasteiger partial charge in [-0.3, -0.25) is 9.69 Å². The second-order valence-electron chi connectivity index (χ2n) is 5.89. The monoisotopic (exact) mass is 302 g/mol. The first-order valence-electron chi connectivity index (χ1n) is 7.75. The zero-order chi connectivity index (χ0) is 15.7. The molecule has 1 aliphatic rings. The van der Waals surface area contributed by atoms with Crippen LogP contribution in [0.5, 0.6) is 0 Å². The lowest BCUT2D eigenvalue weighted by atomic mass is 10.1. The minimum atomic E-state index is -0.535. The summed E-state index contributed by atoms with van der Waals surface area (Å²) in [6.07, 6.45) is 0.310. The molecule has 118 valence electrons. The van der Waals surface area contributed by atoms with Crippen LogP contribution in [-0.2, 0) is 22.5 Å². The number of aryl methyl sites for hydroxylation is 1. The van der Waals surface area contributed by atoms with Gasteiger partial charge in [0.05, 0.1) is 6.10 Å². The maximum atomic E-state index is 11.4. The van der Waals surface area contributed by atoms with Crippen LogP contribution in [0.25, 0.3) is 11.0 Å². The third kappa shape index (κ3) is 2.87. The number of nitrogens with two attached hydrogens (primary N) is 1. The largest absolute Gasteiger partial charge is 0.461 e. The first kappa shape index (κ1) is 15.1. The summed E-state index contributed by atoms with van der Waals surface area (Å²) in [4.78, 5) is 13.7. The number of nitrogens with zero attached hydrogens (tertiary/aromatic N) is 1. The third-order valence-electron chi connectivity index (χ3n) is 4.14. The molecule has 0 bridgehead atoms. The van der Waals surface area contributed by atoms with Crippen molar-refractivity contribution in [2.24, 2.45) is 5.73 Å². The molecule has 0 saturated carbocycles. The topological polar surface area (TPSA) is 68.7 Å². The number of morpholine rings is 1. The molecule has 2 N–H and O–H groups in total. The first-order chi connectivity index (χ1) is 10.6. The van der Waals surface area contributed by atoms with E-state index in [0.717, 1.165) is 36.2 Å². The van der Waals surface area contributed by atoms with E-state index in [2.05, 4.69) is 17.9 Å². The Hall–Kier alpha value is -1.85. The van der Waals surface area contributed by atoms with E-state index in [0.29, 0.717) is 6.54 Å². The summed E-state index contributed by atoms with van der Waals surface area (Å²) in [5.41, 5.74) is 7.53. The molecule has 0 aliphatic carbocycles. The number of furan rings is 1. The second-order valence-corrected chi connectivity index (χ2v) is 5.89. The van der Waals surface area contributed by atoms with Crippen molar-refractivity contribution in [3.8, 4) is 0 Å². The van der Waals surface area contributed by atoms with Gasteiger partial charge in [-0.1, -0.05) is 25.1 Å². The van der Waals surface area contributed by atoms with Gasteiger partial charge in [0.25, 0.3) is 0 Å². The van der Waals surface area contributed by atoms with Gasteiger partial charge in [0.2, 0.25) is 5.91 Å². The van der Waals surface area contributed by atoms with Crippen molar-refractivity contribution >= 4 is 16.9 Å². The van der Waals surface area contributed by atoms with Gasteiger partial charge in [-0.25, -0.2) is 0 Å². The first-order valence-corrected chi connectivity index (χ1v) is 7.75. The zero-order valence-corrected chi connectivity index (χ0v) is 13.0. The van der Waals surface area contributed by atoms with Crippen LogP contribution in [0, 0.1) is 0 Å². The van der Waals surface area contributed by atoms with Crippen molar-refractivity contribution < 1.29 is 13.9 Å². The highest BCUT2D eigenvalue weighted by Gasteiger charge is 2.29. The molecule has 1 amide bonds. The maximum absolute atomic E-state index is 11.4. The number of hydrogen-bond donors (Lipinski definition) is 1. The Balaban J connectivity index is 1.87. The summed E-state index contributed by atoms with van der Waals surface area (Å²) in [6, 6.07) is 8.08. The number of carbonyl (C=O) groups excluding carboxylic acids is 1. The molecule has 1 unspecified atom stereocenters. The number of fused-ring (bicyclic) bond motifs is 1. The number of primary amides is 1. The van der Waals surface area contributed by atoms with Gasteiger partial charge in [-0.05, 0) is 13.0 Å². The van der Waals surface area contributed by atoms with Gasteiger partial charge in [0.1, 0.15) is 17.4 Å². The number of benzene rings is 1. The van der Waals surface area contributed by atoms with E-state index in [4.69, 9.17) is 14.9 Å². The molecule has 1 aromatic heterocycles. The van der Waals surface area contributed by atoms with Crippen LogP contribution in [0.2, 0.25) is 0 Å². The molecule has 2 heterocycles. The summed E-state index contributed by atoms with van der Waals surface area (Å²) < 4.78 is 11.5. The van der Waals surface area contributed by atoms with E-state index >= 15 is 0 Å². The molecule has 2 atom stereocenters. The van der Waals surface area contributed by atoms with Crippen molar-refractivity contribution in [3.63, 3.8) is 0 Å². The number of carbonyl (C=O) groups is 1. The van der Waals surface area contributed by atoms with Gasteiger partial charge >= 0.3 is 0 Å². The van der Waals surface area contributed by atoms with Gasteiger partial charge in [-0.2, -0.15) is 0 Å². The molecule has 1 aromatic carbocycles. The minimum Gasteiger partial charge on any atom is -0.461 e. The van der Waals surface area contributed by atoms with Crippen molar-refractivity contribution in [2.75, 3.05) is 13.1 Å². The molecular formula is C17H22N2O3. The fourth-order valence-corrected chi connectivity index (χ4v) is 3.16. The summed E-state index contributed by atoms with van der Waals surface area (Å²) in [5.74, 6) is 0.611. The summed E-state index contributed by atoms with van der Waals surface area (Å²) in [6.45, 7) is 6.12. The molecule has 5 nitrogen and oxygen atoms in total. The lowest BCUT2D eigenvalue weighted by Crippen LogP contribution is -2.51. The molecule has 3 rings (SSSR count). The molecule has 1 saturated heterocycles. The average molecular weight is 302 g/mol. The Morgan fingerprint density at radius 2 is 2.14 bits per heavy atom. The Labute approximate surface area is 130 Å². The van der Waals surface area contributed by atoms with Crippen LogP contribution in [0.15, 0.2) is 28.7 Å². The standard InChI is InChI=1S/C17H22N2O3/c1-3-14-13(12-6-4-5-7-15(12)22-14)9-19-8-11(2)21-16(10-19)17(18)20/h4-7,11,16H,3,8-10H2,1-2H3,(H2,18,20)/t11-,16?/m1/s1. The Morgan fingerprint density at radius 1 is 1.36 bits per heavy atom. The molecule has 1 aliphatic heterocycles. The van der Waals surface area contributed by atoms with Crippen molar-refractivity contribution in [2.45, 2.75) is 39.0 Å². The highest BCUT2D eigenvalue weighted by Crippen LogP contribution is 2.28. The summed E-state index contributed by atoms with van der Waals surface area (Å²) in [7, 11) is 0. The normalized spacial score (nSPS) is 23.0. The third-order valence-corrected chi connectivity index (χ3v) is 4.14.